The number of rotatable bonds is 2. The van der Waals surface area contributed by atoms with Gasteiger partial charge in [-0.15, -0.1) is 24.8 Å². The molecule has 1 saturated carbocycles. The third-order valence-corrected chi connectivity index (χ3v) is 5.00. The largest absolute Gasteiger partial charge is 0.391 e. The van der Waals surface area contributed by atoms with Crippen LogP contribution in [0.5, 0.6) is 0 Å². The van der Waals surface area contributed by atoms with Crippen LogP contribution < -0.4 is 10.6 Å². The molecule has 1 aliphatic heterocycles. The Labute approximate surface area is 152 Å². The van der Waals surface area contributed by atoms with Gasteiger partial charge in [-0.1, -0.05) is 0 Å². The zero-order valence-corrected chi connectivity index (χ0v) is 14.7. The molecule has 1 amide bonds. The smallest absolute Gasteiger partial charge is 0.268 e. The number of fused-ring (bicyclic) bond motifs is 2. The first-order valence-electron chi connectivity index (χ1n) is 7.84. The number of amides is 1. The van der Waals surface area contributed by atoms with E-state index >= 15 is 0 Å². The Morgan fingerprint density at radius 2 is 2.00 bits per heavy atom. The molecule has 2 fully saturated rings. The fourth-order valence-electron chi connectivity index (χ4n) is 3.78. The van der Waals surface area contributed by atoms with Crippen LogP contribution in [-0.2, 0) is 0 Å². The number of aromatic amines is 1. The van der Waals surface area contributed by atoms with Crippen molar-refractivity contribution in [1.82, 2.24) is 20.6 Å². The summed E-state index contributed by atoms with van der Waals surface area (Å²) in [6.07, 6.45) is 2.84. The highest BCUT2D eigenvalue weighted by atomic mass is 35.5. The minimum atomic E-state index is -0.465. The second-order valence-corrected chi connectivity index (χ2v) is 6.42. The highest BCUT2D eigenvalue weighted by Crippen LogP contribution is 2.33. The van der Waals surface area contributed by atoms with Crippen LogP contribution in [0.4, 0.5) is 0 Å². The van der Waals surface area contributed by atoms with Gasteiger partial charge in [-0.05, 0) is 56.0 Å². The number of pyridine rings is 1. The number of hydrogen-bond donors (Lipinski definition) is 4. The molecule has 0 bridgehead atoms. The number of carbonyl (C=O) groups excluding carboxylic acids is 1. The summed E-state index contributed by atoms with van der Waals surface area (Å²) in [4.78, 5) is 19.7. The van der Waals surface area contributed by atoms with Gasteiger partial charge in [0.05, 0.1) is 23.2 Å². The van der Waals surface area contributed by atoms with E-state index in [2.05, 4.69) is 20.6 Å². The van der Waals surface area contributed by atoms with Gasteiger partial charge >= 0.3 is 0 Å². The number of H-pyrrole nitrogens is 1. The van der Waals surface area contributed by atoms with Crippen LogP contribution in [0, 0.1) is 11.8 Å². The first-order valence-corrected chi connectivity index (χ1v) is 7.84. The van der Waals surface area contributed by atoms with Crippen molar-refractivity contribution in [2.45, 2.75) is 25.0 Å². The van der Waals surface area contributed by atoms with Crippen molar-refractivity contribution in [2.24, 2.45) is 11.8 Å². The maximum absolute atomic E-state index is 12.4. The molecule has 3 heterocycles. The summed E-state index contributed by atoms with van der Waals surface area (Å²) in [5, 5.41) is 16.6. The zero-order chi connectivity index (χ0) is 15.1. The normalized spacial score (nSPS) is 28.5. The molecule has 6 nitrogen and oxygen atoms in total. The molecule has 4 rings (SSSR count). The lowest BCUT2D eigenvalue weighted by atomic mass is 9.77. The Morgan fingerprint density at radius 1 is 1.25 bits per heavy atom. The van der Waals surface area contributed by atoms with Gasteiger partial charge < -0.3 is 20.7 Å². The summed E-state index contributed by atoms with van der Waals surface area (Å²) < 4.78 is 0. The molecular formula is C16H22Cl2N4O2. The quantitative estimate of drug-likeness (QED) is 0.642. The van der Waals surface area contributed by atoms with Crippen molar-refractivity contribution < 1.29 is 9.90 Å². The van der Waals surface area contributed by atoms with E-state index in [4.69, 9.17) is 0 Å². The van der Waals surface area contributed by atoms with Crippen molar-refractivity contribution in [2.75, 3.05) is 13.1 Å². The fraction of sp³-hybridized carbons (Fsp3) is 0.500. The molecule has 8 heteroatoms. The molecule has 2 aromatic rings. The Kier molecular flexibility index (Phi) is 6.09. The molecule has 0 unspecified atom stereocenters. The van der Waals surface area contributed by atoms with Crippen LogP contribution in [0.15, 0.2) is 24.4 Å². The number of halogens is 2. The molecule has 24 heavy (non-hydrogen) atoms. The summed E-state index contributed by atoms with van der Waals surface area (Å²) in [5.74, 6) is 0.921. The van der Waals surface area contributed by atoms with Gasteiger partial charge in [0.25, 0.3) is 5.91 Å². The Bertz CT molecular complexity index is 675. The van der Waals surface area contributed by atoms with Crippen LogP contribution >= 0.6 is 24.8 Å². The van der Waals surface area contributed by atoms with E-state index in [0.29, 0.717) is 17.5 Å². The van der Waals surface area contributed by atoms with E-state index in [0.717, 1.165) is 37.0 Å². The number of aromatic nitrogens is 2. The maximum Gasteiger partial charge on any atom is 0.268 e. The zero-order valence-electron chi connectivity index (χ0n) is 13.1. The summed E-state index contributed by atoms with van der Waals surface area (Å²) in [5.41, 5.74) is 2.11. The number of carbonyl (C=O) groups is 1. The number of nitrogens with zero attached hydrogens (tertiary/aromatic N) is 1. The summed E-state index contributed by atoms with van der Waals surface area (Å²) >= 11 is 0. The van der Waals surface area contributed by atoms with E-state index in [-0.39, 0.29) is 36.8 Å². The lowest BCUT2D eigenvalue weighted by Gasteiger charge is -2.35. The van der Waals surface area contributed by atoms with Gasteiger partial charge in [0, 0.05) is 6.20 Å². The third-order valence-electron chi connectivity index (χ3n) is 5.00. The number of hydrogen-bond acceptors (Lipinski definition) is 4. The van der Waals surface area contributed by atoms with E-state index in [1.807, 2.05) is 12.1 Å². The Hall–Kier alpha value is -1.34. The lowest BCUT2D eigenvalue weighted by molar-refractivity contribution is 0.0460. The van der Waals surface area contributed by atoms with E-state index in [1.54, 1.807) is 12.3 Å². The standard InChI is InChI=1S/C16H20N4O2.2ClH/c21-15-5-10-8-17-7-9(10)4-13(15)20-16(22)14-6-12-11(19-14)2-1-3-18-12;;/h1-3,6,9-10,13,15,17,19,21H,4-5,7-8H2,(H,20,22);2*1H/t9-,10+,13-,15-;;/m0../s1. The molecule has 1 saturated heterocycles. The first kappa shape index (κ1) is 19.0. The van der Waals surface area contributed by atoms with Crippen LogP contribution in [0.2, 0.25) is 0 Å². The highest BCUT2D eigenvalue weighted by molar-refractivity contribution is 5.97. The Balaban J connectivity index is 0.00000104. The van der Waals surface area contributed by atoms with Gasteiger partial charge in [0.1, 0.15) is 5.69 Å². The van der Waals surface area contributed by atoms with Crippen LogP contribution in [0.25, 0.3) is 11.0 Å². The molecule has 2 aromatic heterocycles. The van der Waals surface area contributed by atoms with Crippen LogP contribution in [0.1, 0.15) is 23.3 Å². The summed E-state index contributed by atoms with van der Waals surface area (Å²) in [6, 6.07) is 5.30. The van der Waals surface area contributed by atoms with Crippen LogP contribution in [0.3, 0.4) is 0 Å². The molecule has 4 N–H and O–H groups in total. The maximum atomic E-state index is 12.4. The molecule has 1 aliphatic carbocycles. The monoisotopic (exact) mass is 372 g/mol. The van der Waals surface area contributed by atoms with E-state index in [9.17, 15) is 9.90 Å². The minimum Gasteiger partial charge on any atom is -0.391 e. The number of aliphatic hydroxyl groups excluding tert-OH is 1. The predicted octanol–water partition coefficient (Wildman–Crippen LogP) is 1.50. The fourth-order valence-corrected chi connectivity index (χ4v) is 3.78. The lowest BCUT2D eigenvalue weighted by Crippen LogP contribution is -2.49. The molecule has 0 aromatic carbocycles. The molecule has 0 spiro atoms. The van der Waals surface area contributed by atoms with Crippen molar-refractivity contribution in [1.29, 1.82) is 0 Å². The van der Waals surface area contributed by atoms with E-state index < -0.39 is 6.10 Å². The third kappa shape index (κ3) is 3.52. The van der Waals surface area contributed by atoms with Gasteiger partial charge in [-0.3, -0.25) is 9.78 Å². The summed E-state index contributed by atoms with van der Waals surface area (Å²) in [6.45, 7) is 1.97. The molecule has 2 aliphatic rings. The summed E-state index contributed by atoms with van der Waals surface area (Å²) in [7, 11) is 0. The van der Waals surface area contributed by atoms with Crippen LogP contribution in [-0.4, -0.2) is 46.2 Å². The minimum absolute atomic E-state index is 0. The average molecular weight is 373 g/mol. The Morgan fingerprint density at radius 3 is 2.75 bits per heavy atom. The van der Waals surface area contributed by atoms with Crippen molar-refractivity contribution in [3.8, 4) is 0 Å². The van der Waals surface area contributed by atoms with Crippen molar-refractivity contribution in [3.05, 3.63) is 30.1 Å². The SMILES string of the molecule is Cl.Cl.O=C(N[C@H]1C[C@H]2CNC[C@H]2C[C@@H]1O)c1cc2ncccc2[nH]1. The second-order valence-electron chi connectivity index (χ2n) is 6.42. The van der Waals surface area contributed by atoms with Gasteiger partial charge in [0.2, 0.25) is 0 Å². The van der Waals surface area contributed by atoms with Crippen molar-refractivity contribution >= 4 is 41.8 Å². The molecule has 132 valence electrons. The first-order chi connectivity index (χ1) is 10.7. The second kappa shape index (κ2) is 7.70. The molecule has 4 atom stereocenters. The number of aliphatic hydroxyl groups is 1. The highest BCUT2D eigenvalue weighted by Gasteiger charge is 2.39. The average Bonchev–Trinajstić information content (AvgIpc) is 3.13. The van der Waals surface area contributed by atoms with Gasteiger partial charge in [-0.25, -0.2) is 0 Å². The molecular weight excluding hydrogens is 351 g/mol. The molecule has 0 radical (unpaired) electrons. The number of nitrogens with one attached hydrogen (secondary N) is 3. The topological polar surface area (TPSA) is 90.0 Å². The van der Waals surface area contributed by atoms with E-state index in [1.165, 1.54) is 0 Å². The van der Waals surface area contributed by atoms with Gasteiger partial charge in [-0.2, -0.15) is 0 Å². The van der Waals surface area contributed by atoms with Crippen molar-refractivity contribution in [3.63, 3.8) is 0 Å². The van der Waals surface area contributed by atoms with Gasteiger partial charge in [0.15, 0.2) is 0 Å². The predicted molar refractivity (Wildman–Crippen MR) is 96.9 cm³/mol.